The van der Waals surface area contributed by atoms with Gasteiger partial charge in [-0.25, -0.2) is 4.68 Å². The molecule has 3 aromatic rings. The summed E-state index contributed by atoms with van der Waals surface area (Å²) >= 11 is 0. The number of likely N-dealkylation sites (tertiary alicyclic amines) is 1. The van der Waals surface area contributed by atoms with Gasteiger partial charge in [0.25, 0.3) is 0 Å². The number of ether oxygens (including phenoxy) is 2. The van der Waals surface area contributed by atoms with Gasteiger partial charge < -0.3 is 29.7 Å². The van der Waals surface area contributed by atoms with Crippen molar-refractivity contribution in [2.45, 2.75) is 95.5 Å². The molecule has 0 aliphatic carbocycles. The lowest BCUT2D eigenvalue weighted by atomic mass is 9.70. The highest BCUT2D eigenvalue weighted by Crippen LogP contribution is 2.59. The van der Waals surface area contributed by atoms with Gasteiger partial charge in [0.2, 0.25) is 17.7 Å². The van der Waals surface area contributed by atoms with Crippen LogP contribution < -0.4 is 5.32 Å². The lowest BCUT2D eigenvalue weighted by Crippen LogP contribution is -2.60. The van der Waals surface area contributed by atoms with Crippen LogP contribution in [0.4, 0.5) is 0 Å². The quantitative estimate of drug-likeness (QED) is 0.155. The number of nitrogens with zero attached hydrogens (tertiary/aromatic N) is 5. The van der Waals surface area contributed by atoms with Crippen LogP contribution in [-0.2, 0) is 35.3 Å². The van der Waals surface area contributed by atoms with E-state index in [-0.39, 0.29) is 38.1 Å². The third kappa shape index (κ3) is 6.99. The van der Waals surface area contributed by atoms with Crippen molar-refractivity contribution < 1.29 is 33.8 Å². The van der Waals surface area contributed by atoms with E-state index >= 15 is 4.79 Å². The fraction of sp³-hybridized carbons (Fsp3) is 0.500. The van der Waals surface area contributed by atoms with Gasteiger partial charge in [0.15, 0.2) is 0 Å². The third-order valence-electron chi connectivity index (χ3n) is 11.3. The van der Waals surface area contributed by atoms with Gasteiger partial charge in [-0.3, -0.25) is 19.2 Å². The number of allylic oxidation sites excluding steroid dienone is 1. The van der Waals surface area contributed by atoms with Gasteiger partial charge in [-0.15, -0.1) is 18.3 Å². The van der Waals surface area contributed by atoms with Crippen LogP contribution in [0.2, 0.25) is 0 Å². The van der Waals surface area contributed by atoms with Gasteiger partial charge in [-0.1, -0.05) is 80.1 Å². The van der Waals surface area contributed by atoms with E-state index in [1.54, 1.807) is 28.7 Å². The molecule has 1 spiro atoms. The zero-order valence-electron chi connectivity index (χ0n) is 30.7. The summed E-state index contributed by atoms with van der Waals surface area (Å²) in [6, 6.07) is 14.1. The van der Waals surface area contributed by atoms with Gasteiger partial charge in [0, 0.05) is 13.0 Å². The summed E-state index contributed by atoms with van der Waals surface area (Å²) in [5.74, 6) is -3.85. The van der Waals surface area contributed by atoms with Crippen molar-refractivity contribution in [3.8, 4) is 0 Å². The van der Waals surface area contributed by atoms with Crippen molar-refractivity contribution in [2.75, 3.05) is 13.2 Å². The molecule has 0 radical (unpaired) electrons. The van der Waals surface area contributed by atoms with Crippen molar-refractivity contribution in [1.29, 1.82) is 0 Å². The molecule has 3 aliphatic heterocycles. The fourth-order valence-corrected chi connectivity index (χ4v) is 8.48. The van der Waals surface area contributed by atoms with Crippen molar-refractivity contribution in [2.24, 2.45) is 17.8 Å². The largest absolute Gasteiger partial charge is 0.455 e. The van der Waals surface area contributed by atoms with Crippen molar-refractivity contribution in [3.63, 3.8) is 0 Å². The number of carbonyl (C=O) groups excluding carboxylic acids is 4. The molecule has 0 unspecified atom stereocenters. The predicted molar refractivity (Wildman–Crippen MR) is 197 cm³/mol. The topological polar surface area (TPSA) is 156 Å². The van der Waals surface area contributed by atoms with Crippen LogP contribution in [0.1, 0.15) is 64.5 Å². The summed E-state index contributed by atoms with van der Waals surface area (Å²) in [6.07, 6.45) is 3.95. The Morgan fingerprint density at radius 1 is 1.13 bits per heavy atom. The maximum atomic E-state index is 15.0. The number of hydrogen-bond acceptors (Lipinski definition) is 9. The average molecular weight is 727 g/mol. The van der Waals surface area contributed by atoms with Crippen LogP contribution in [0.5, 0.6) is 0 Å². The average Bonchev–Trinajstić information content (AvgIpc) is 3.92. The molecule has 4 heterocycles. The van der Waals surface area contributed by atoms with E-state index in [0.717, 1.165) is 5.52 Å². The zero-order valence-corrected chi connectivity index (χ0v) is 30.7. The van der Waals surface area contributed by atoms with Gasteiger partial charge in [-0.05, 0) is 49.8 Å². The highest BCUT2D eigenvalue weighted by atomic mass is 16.6. The monoisotopic (exact) mass is 726 g/mol. The standard InChI is InChI=1S/C40H50N6O7/c1-6-9-19-32(48)41-26(5)35(27-15-11-10-12-16-27)52-39(51)33-31-20-21-40(53-31)34(33)37(49)46(30(23-47)25(4)8-3)36(40)38(50)44(22-7-2)24-45-29-18-14-13-17-28(29)42-43-45/h6-7,10-18,25-26,30-31,33-36,47H,1-2,8-9,19-24H2,3-5H3,(H,41,48)/t25-,26+,30-,31-,33+,34+,35+,36-,40+/m0/s1. The number of rotatable bonds is 17. The number of amides is 3. The first kappa shape index (κ1) is 37.9. The van der Waals surface area contributed by atoms with Gasteiger partial charge in [0.05, 0.1) is 42.1 Å². The number of hydrogen-bond donors (Lipinski definition) is 2. The molecule has 3 fully saturated rings. The maximum Gasteiger partial charge on any atom is 0.313 e. The Morgan fingerprint density at radius 2 is 1.87 bits per heavy atom. The third-order valence-corrected chi connectivity index (χ3v) is 11.3. The Balaban J connectivity index is 1.35. The lowest BCUT2D eigenvalue weighted by Gasteiger charge is -2.40. The number of aliphatic hydroxyl groups is 1. The summed E-state index contributed by atoms with van der Waals surface area (Å²) in [7, 11) is 0. The smallest absolute Gasteiger partial charge is 0.313 e. The summed E-state index contributed by atoms with van der Waals surface area (Å²) < 4.78 is 14.6. The number of aromatic nitrogens is 3. The lowest BCUT2D eigenvalue weighted by molar-refractivity contribution is -0.163. The molecular weight excluding hydrogens is 676 g/mol. The van der Waals surface area contributed by atoms with E-state index in [1.807, 2.05) is 68.4 Å². The SMILES string of the molecule is C=CCCC(=O)N[C@H](C)[C@@H](OC(=O)[C@@H]1[C@@H]2CC[C@]3(O2)[C@H](C(=O)N(CC=C)Cn2nnc4ccccc42)N([C@@H](CO)[C@@H](C)CC)C(=O)[C@@H]13)c1ccccc1. The van der Waals surface area contributed by atoms with Crippen molar-refractivity contribution in [1.82, 2.24) is 30.1 Å². The molecule has 6 rings (SSSR count). The molecule has 13 heteroatoms. The zero-order chi connectivity index (χ0) is 37.9. The minimum atomic E-state index is -1.33. The van der Waals surface area contributed by atoms with Crippen LogP contribution in [0.3, 0.4) is 0 Å². The second-order valence-corrected chi connectivity index (χ2v) is 14.5. The van der Waals surface area contributed by atoms with Crippen LogP contribution >= 0.6 is 0 Å². The minimum Gasteiger partial charge on any atom is -0.455 e. The first-order valence-corrected chi connectivity index (χ1v) is 18.5. The molecular formula is C40H50N6O7. The van der Waals surface area contributed by atoms with Crippen molar-refractivity contribution >= 4 is 34.7 Å². The van der Waals surface area contributed by atoms with E-state index in [0.29, 0.717) is 36.8 Å². The molecule has 53 heavy (non-hydrogen) atoms. The number of para-hydroxylation sites is 1. The van der Waals surface area contributed by atoms with Crippen LogP contribution in [-0.4, -0.2) is 96.6 Å². The summed E-state index contributed by atoms with van der Waals surface area (Å²) in [5.41, 5.74) is 0.754. The molecule has 1 aromatic heterocycles. The predicted octanol–water partition coefficient (Wildman–Crippen LogP) is 3.94. The molecule has 13 nitrogen and oxygen atoms in total. The summed E-state index contributed by atoms with van der Waals surface area (Å²) in [6.45, 7) is 13.0. The molecule has 9 atom stereocenters. The summed E-state index contributed by atoms with van der Waals surface area (Å²) in [5, 5.41) is 22.3. The molecule has 2 bridgehead atoms. The van der Waals surface area contributed by atoms with Crippen molar-refractivity contribution in [3.05, 3.63) is 85.5 Å². The Morgan fingerprint density at radius 3 is 2.57 bits per heavy atom. The number of nitrogens with one attached hydrogen (secondary N) is 1. The molecule has 282 valence electrons. The molecule has 3 saturated heterocycles. The van der Waals surface area contributed by atoms with E-state index in [4.69, 9.17) is 9.47 Å². The Bertz CT molecular complexity index is 1830. The maximum absolute atomic E-state index is 15.0. The molecule has 3 aliphatic rings. The molecule has 0 saturated carbocycles. The van der Waals surface area contributed by atoms with Crippen LogP contribution in [0, 0.1) is 17.8 Å². The first-order chi connectivity index (χ1) is 25.6. The molecule has 2 aromatic carbocycles. The number of benzene rings is 2. The van der Waals surface area contributed by atoms with Gasteiger partial charge >= 0.3 is 5.97 Å². The van der Waals surface area contributed by atoms with Gasteiger partial charge in [0.1, 0.15) is 29.9 Å². The second-order valence-electron chi connectivity index (χ2n) is 14.5. The highest BCUT2D eigenvalue weighted by molar-refractivity contribution is 5.98. The molecule has 2 N–H and O–H groups in total. The second kappa shape index (κ2) is 16.0. The molecule has 3 amide bonds. The number of esters is 1. The minimum absolute atomic E-state index is 0.0296. The number of aliphatic hydroxyl groups excluding tert-OH is 1. The highest BCUT2D eigenvalue weighted by Gasteiger charge is 2.76. The van der Waals surface area contributed by atoms with Crippen LogP contribution in [0.15, 0.2) is 79.9 Å². The van der Waals surface area contributed by atoms with Gasteiger partial charge in [-0.2, -0.15) is 0 Å². The number of fused-ring (bicyclic) bond motifs is 2. The first-order valence-electron chi connectivity index (χ1n) is 18.5. The van der Waals surface area contributed by atoms with E-state index in [9.17, 15) is 19.5 Å². The number of carbonyl (C=O) groups is 4. The van der Waals surface area contributed by atoms with E-state index in [2.05, 4.69) is 28.8 Å². The fourth-order valence-electron chi connectivity index (χ4n) is 8.48. The summed E-state index contributed by atoms with van der Waals surface area (Å²) in [4.78, 5) is 60.1. The normalized spacial score (nSPS) is 25.4. The Labute approximate surface area is 310 Å². The Hall–Kier alpha value is -4.88. The Kier molecular flexibility index (Phi) is 11.4. The van der Waals surface area contributed by atoms with Crippen LogP contribution in [0.25, 0.3) is 11.0 Å². The van der Waals surface area contributed by atoms with E-state index in [1.165, 1.54) is 4.90 Å². The van der Waals surface area contributed by atoms with E-state index < -0.39 is 65.6 Å².